The van der Waals surface area contributed by atoms with Crippen molar-refractivity contribution in [3.05, 3.63) is 22.7 Å². The van der Waals surface area contributed by atoms with E-state index in [-0.39, 0.29) is 6.04 Å². The molecule has 0 aliphatic carbocycles. The Morgan fingerprint density at radius 1 is 1.73 bits per heavy atom. The first kappa shape index (κ1) is 8.58. The summed E-state index contributed by atoms with van der Waals surface area (Å²) in [5, 5.41) is 0. The van der Waals surface area contributed by atoms with Crippen molar-refractivity contribution in [2.45, 2.75) is 13.0 Å². The molecule has 4 nitrogen and oxygen atoms in total. The fourth-order valence-electron chi connectivity index (χ4n) is 0.720. The van der Waals surface area contributed by atoms with Crippen LogP contribution in [0.25, 0.3) is 0 Å². The molecule has 1 heterocycles. The van der Waals surface area contributed by atoms with E-state index in [1.165, 1.54) is 6.33 Å². The number of nitrogens with two attached hydrogens (primary N) is 1. The second kappa shape index (κ2) is 3.75. The number of hydrogen-bond donors (Lipinski definition) is 2. The lowest BCUT2D eigenvalue weighted by atomic mass is 10.2. The lowest BCUT2D eigenvalue weighted by molar-refractivity contribution is 0.582. The molecule has 1 atom stereocenters. The zero-order chi connectivity index (χ0) is 8.27. The number of hydrogen-bond acceptors (Lipinski definition) is 4. The highest BCUT2D eigenvalue weighted by molar-refractivity contribution is 9.10. The van der Waals surface area contributed by atoms with Gasteiger partial charge in [-0.3, -0.25) is 11.3 Å². The van der Waals surface area contributed by atoms with Crippen LogP contribution in [0.15, 0.2) is 17.0 Å². The summed E-state index contributed by atoms with van der Waals surface area (Å²) < 4.78 is 0.866. The predicted octanol–water partition coefficient (Wildman–Crippen LogP) is 0.763. The first-order valence-electron chi connectivity index (χ1n) is 3.17. The van der Waals surface area contributed by atoms with Gasteiger partial charge in [-0.25, -0.2) is 9.97 Å². The van der Waals surface area contributed by atoms with Gasteiger partial charge in [-0.1, -0.05) is 0 Å². The minimum atomic E-state index is 0.0346. The van der Waals surface area contributed by atoms with Crippen LogP contribution in [-0.4, -0.2) is 9.97 Å². The monoisotopic (exact) mass is 216 g/mol. The third kappa shape index (κ3) is 1.95. The van der Waals surface area contributed by atoms with Crippen LogP contribution < -0.4 is 11.3 Å². The van der Waals surface area contributed by atoms with E-state index in [0.717, 1.165) is 10.2 Å². The van der Waals surface area contributed by atoms with Gasteiger partial charge in [0.1, 0.15) is 6.33 Å². The van der Waals surface area contributed by atoms with Crippen LogP contribution in [0.5, 0.6) is 0 Å². The highest BCUT2D eigenvalue weighted by Gasteiger charge is 2.07. The molecule has 11 heavy (non-hydrogen) atoms. The summed E-state index contributed by atoms with van der Waals surface area (Å²) in [6.07, 6.45) is 3.18. The molecule has 0 aliphatic rings. The average Bonchev–Trinajstić information content (AvgIpc) is 2.04. The third-order valence-corrected chi connectivity index (χ3v) is 1.97. The molecule has 0 aliphatic heterocycles. The summed E-state index contributed by atoms with van der Waals surface area (Å²) in [7, 11) is 0. The number of hydrazine groups is 1. The Morgan fingerprint density at radius 2 is 2.45 bits per heavy atom. The van der Waals surface area contributed by atoms with Crippen LogP contribution in [-0.2, 0) is 0 Å². The quantitative estimate of drug-likeness (QED) is 0.567. The Hall–Kier alpha value is -0.520. The van der Waals surface area contributed by atoms with Crippen molar-refractivity contribution in [3.8, 4) is 0 Å². The van der Waals surface area contributed by atoms with E-state index in [2.05, 4.69) is 31.3 Å². The van der Waals surface area contributed by atoms with E-state index in [4.69, 9.17) is 5.84 Å². The van der Waals surface area contributed by atoms with Gasteiger partial charge in [0.15, 0.2) is 0 Å². The van der Waals surface area contributed by atoms with Crippen molar-refractivity contribution in [1.29, 1.82) is 0 Å². The largest absolute Gasteiger partial charge is 0.271 e. The lowest BCUT2D eigenvalue weighted by Crippen LogP contribution is -2.26. The van der Waals surface area contributed by atoms with E-state index in [9.17, 15) is 0 Å². The predicted molar refractivity (Wildman–Crippen MR) is 45.5 cm³/mol. The normalized spacial score (nSPS) is 13.0. The summed E-state index contributed by atoms with van der Waals surface area (Å²) in [6.45, 7) is 1.92. The minimum Gasteiger partial charge on any atom is -0.271 e. The lowest BCUT2D eigenvalue weighted by Gasteiger charge is -2.09. The molecule has 5 heteroatoms. The van der Waals surface area contributed by atoms with Crippen molar-refractivity contribution >= 4 is 15.9 Å². The Kier molecular flexibility index (Phi) is 2.92. The Labute approximate surface area is 73.3 Å². The molecular weight excluding hydrogens is 208 g/mol. The summed E-state index contributed by atoms with van der Waals surface area (Å²) in [5.41, 5.74) is 3.47. The van der Waals surface area contributed by atoms with Crippen LogP contribution in [0.4, 0.5) is 0 Å². The molecule has 1 aromatic heterocycles. The van der Waals surface area contributed by atoms with E-state index in [1.54, 1.807) is 6.20 Å². The molecule has 1 rings (SSSR count). The Bertz CT molecular complexity index is 240. The molecule has 0 amide bonds. The zero-order valence-electron chi connectivity index (χ0n) is 6.08. The van der Waals surface area contributed by atoms with Gasteiger partial charge >= 0.3 is 0 Å². The molecule has 0 fully saturated rings. The number of aromatic nitrogens is 2. The van der Waals surface area contributed by atoms with E-state index >= 15 is 0 Å². The smallest absolute Gasteiger partial charge is 0.115 e. The topological polar surface area (TPSA) is 63.8 Å². The maximum atomic E-state index is 5.24. The van der Waals surface area contributed by atoms with Crippen molar-refractivity contribution < 1.29 is 0 Å². The molecule has 0 spiro atoms. The molecule has 0 radical (unpaired) electrons. The second-order valence-electron chi connectivity index (χ2n) is 2.14. The molecular formula is C6H9BrN4. The van der Waals surface area contributed by atoms with E-state index in [0.29, 0.717) is 0 Å². The second-order valence-corrected chi connectivity index (χ2v) is 3.00. The number of nitrogens with zero attached hydrogens (tertiary/aromatic N) is 2. The van der Waals surface area contributed by atoms with Crippen LogP contribution >= 0.6 is 15.9 Å². The maximum absolute atomic E-state index is 5.24. The summed E-state index contributed by atoms with van der Waals surface area (Å²) in [6, 6.07) is 0.0346. The molecule has 60 valence electrons. The van der Waals surface area contributed by atoms with Crippen LogP contribution in [0.2, 0.25) is 0 Å². The van der Waals surface area contributed by atoms with Crippen LogP contribution in [0.3, 0.4) is 0 Å². The van der Waals surface area contributed by atoms with Crippen LogP contribution in [0.1, 0.15) is 18.7 Å². The van der Waals surface area contributed by atoms with Gasteiger partial charge < -0.3 is 0 Å². The summed E-state index contributed by atoms with van der Waals surface area (Å²) in [4.78, 5) is 7.88. The first-order chi connectivity index (χ1) is 5.25. The van der Waals surface area contributed by atoms with Gasteiger partial charge in [-0.15, -0.1) is 0 Å². The Balaban J connectivity index is 2.93. The highest BCUT2D eigenvalue weighted by atomic mass is 79.9. The fourth-order valence-corrected chi connectivity index (χ4v) is 1.28. The van der Waals surface area contributed by atoms with Gasteiger partial charge in [-0.05, 0) is 22.9 Å². The fraction of sp³-hybridized carbons (Fsp3) is 0.333. The number of nitrogens with one attached hydrogen (secondary N) is 1. The summed E-state index contributed by atoms with van der Waals surface area (Å²) in [5.74, 6) is 5.24. The SMILES string of the molecule is CC(NN)c1ncncc1Br. The molecule has 0 bridgehead atoms. The standard InChI is InChI=1S/C6H9BrN4/c1-4(11-8)6-5(7)2-9-3-10-6/h2-4,11H,8H2,1H3. The molecule has 0 aromatic carbocycles. The molecule has 0 saturated heterocycles. The van der Waals surface area contributed by atoms with Crippen molar-refractivity contribution in [3.63, 3.8) is 0 Å². The van der Waals surface area contributed by atoms with Crippen molar-refractivity contribution in [1.82, 2.24) is 15.4 Å². The molecule has 3 N–H and O–H groups in total. The van der Waals surface area contributed by atoms with E-state index in [1.807, 2.05) is 6.92 Å². The first-order valence-corrected chi connectivity index (χ1v) is 3.96. The van der Waals surface area contributed by atoms with Gasteiger partial charge in [0, 0.05) is 6.20 Å². The van der Waals surface area contributed by atoms with E-state index < -0.39 is 0 Å². The molecule has 1 unspecified atom stereocenters. The number of rotatable bonds is 2. The Morgan fingerprint density at radius 3 is 3.00 bits per heavy atom. The average molecular weight is 217 g/mol. The highest BCUT2D eigenvalue weighted by Crippen LogP contribution is 2.17. The van der Waals surface area contributed by atoms with Gasteiger partial charge in [0.25, 0.3) is 0 Å². The minimum absolute atomic E-state index is 0.0346. The summed E-state index contributed by atoms with van der Waals surface area (Å²) >= 11 is 3.32. The van der Waals surface area contributed by atoms with Crippen LogP contribution in [0, 0.1) is 0 Å². The molecule has 0 saturated carbocycles. The third-order valence-electron chi connectivity index (χ3n) is 1.36. The molecule has 1 aromatic rings. The van der Waals surface area contributed by atoms with Gasteiger partial charge in [0.05, 0.1) is 16.2 Å². The maximum Gasteiger partial charge on any atom is 0.115 e. The van der Waals surface area contributed by atoms with Gasteiger partial charge in [-0.2, -0.15) is 0 Å². The zero-order valence-corrected chi connectivity index (χ0v) is 7.67. The van der Waals surface area contributed by atoms with Crippen molar-refractivity contribution in [2.24, 2.45) is 5.84 Å². The van der Waals surface area contributed by atoms with Gasteiger partial charge in [0.2, 0.25) is 0 Å². The number of halogens is 1. The van der Waals surface area contributed by atoms with Crippen molar-refractivity contribution in [2.75, 3.05) is 0 Å².